The molecule has 0 aromatic heterocycles. The molecule has 1 aliphatic heterocycles. The summed E-state index contributed by atoms with van der Waals surface area (Å²) in [6.07, 6.45) is -0.992. The van der Waals surface area contributed by atoms with Crippen LogP contribution in [0.1, 0.15) is 12.8 Å². The van der Waals surface area contributed by atoms with E-state index in [1.54, 1.807) is 0 Å². The molecule has 0 spiro atoms. The lowest BCUT2D eigenvalue weighted by atomic mass is 10.3. The van der Waals surface area contributed by atoms with Gasteiger partial charge in [0, 0.05) is 6.42 Å². The smallest absolute Gasteiger partial charge is 0.237 e. The number of carbonyl (C=O) groups is 1. The minimum Gasteiger partial charge on any atom is -0.389 e. The zero-order valence-electron chi connectivity index (χ0n) is 7.52. The minimum absolute atomic E-state index is 0.113. The molecule has 0 aromatic carbocycles. The van der Waals surface area contributed by atoms with E-state index in [0.29, 0.717) is 10.7 Å². The van der Waals surface area contributed by atoms with Crippen molar-refractivity contribution in [1.29, 1.82) is 0 Å². The van der Waals surface area contributed by atoms with Crippen molar-refractivity contribution in [2.45, 2.75) is 18.9 Å². The number of rotatable bonds is 3. The van der Waals surface area contributed by atoms with Gasteiger partial charge < -0.3 is 5.11 Å². The van der Waals surface area contributed by atoms with Gasteiger partial charge in [-0.2, -0.15) is 0 Å². The van der Waals surface area contributed by atoms with Crippen molar-refractivity contribution >= 4 is 15.9 Å². The summed E-state index contributed by atoms with van der Waals surface area (Å²) in [6.45, 7) is -1.53. The number of amides is 1. The summed E-state index contributed by atoms with van der Waals surface area (Å²) >= 11 is 0. The number of hydrogen-bond acceptors (Lipinski definition) is 4. The third kappa shape index (κ3) is 2.42. The molecule has 0 aromatic rings. The van der Waals surface area contributed by atoms with Gasteiger partial charge in [0.15, 0.2) is 0 Å². The van der Waals surface area contributed by atoms with Crippen LogP contribution in [0.2, 0.25) is 0 Å². The highest BCUT2D eigenvalue weighted by molar-refractivity contribution is 7.89. The van der Waals surface area contributed by atoms with Crippen LogP contribution in [0, 0.1) is 0 Å². The first-order chi connectivity index (χ1) is 6.47. The van der Waals surface area contributed by atoms with E-state index < -0.39 is 35.3 Å². The van der Waals surface area contributed by atoms with Crippen LogP contribution in [0.25, 0.3) is 0 Å². The summed E-state index contributed by atoms with van der Waals surface area (Å²) in [5.74, 6) is -0.679. The van der Waals surface area contributed by atoms with Gasteiger partial charge in [0.25, 0.3) is 0 Å². The highest BCUT2D eigenvalue weighted by Crippen LogP contribution is 2.15. The van der Waals surface area contributed by atoms with Gasteiger partial charge in [-0.05, 0) is 6.42 Å². The number of sulfonamides is 1. The Morgan fingerprint density at radius 3 is 2.71 bits per heavy atom. The van der Waals surface area contributed by atoms with Crippen molar-refractivity contribution < 1.29 is 22.7 Å². The molecule has 1 saturated heterocycles. The van der Waals surface area contributed by atoms with Gasteiger partial charge >= 0.3 is 0 Å². The Labute approximate surface area is 81.6 Å². The Balaban J connectivity index is 2.76. The second-order valence-corrected chi connectivity index (χ2v) is 5.17. The lowest BCUT2D eigenvalue weighted by Crippen LogP contribution is -2.46. The third-order valence-electron chi connectivity index (χ3n) is 1.96. The number of nitrogens with zero attached hydrogens (tertiary/aromatic N) is 1. The number of aliphatic hydroxyl groups is 1. The van der Waals surface area contributed by atoms with Gasteiger partial charge in [0.05, 0.1) is 12.3 Å². The summed E-state index contributed by atoms with van der Waals surface area (Å²) < 4.78 is 35.1. The van der Waals surface area contributed by atoms with Crippen molar-refractivity contribution in [2.75, 3.05) is 19.0 Å². The Morgan fingerprint density at radius 2 is 2.21 bits per heavy atom. The van der Waals surface area contributed by atoms with E-state index >= 15 is 0 Å². The van der Waals surface area contributed by atoms with E-state index in [1.807, 2.05) is 0 Å². The van der Waals surface area contributed by atoms with Gasteiger partial charge in [-0.1, -0.05) is 0 Å². The molecule has 0 aliphatic carbocycles. The van der Waals surface area contributed by atoms with E-state index in [0.717, 1.165) is 0 Å². The zero-order chi connectivity index (χ0) is 10.8. The fraction of sp³-hybridized carbons (Fsp3) is 0.857. The topological polar surface area (TPSA) is 74.7 Å². The number of halogens is 1. The quantitative estimate of drug-likeness (QED) is 0.687. The van der Waals surface area contributed by atoms with Crippen molar-refractivity contribution in [3.63, 3.8) is 0 Å². The summed E-state index contributed by atoms with van der Waals surface area (Å²) in [5, 5.41) is 8.93. The molecule has 7 heteroatoms. The molecule has 1 unspecified atom stereocenters. The summed E-state index contributed by atoms with van der Waals surface area (Å²) in [4.78, 5) is 11.2. The molecular formula is C7H12FNO4S. The molecule has 1 aliphatic rings. The minimum atomic E-state index is -3.62. The molecule has 1 rings (SSSR count). The number of β-amino-alcohol motifs (C(OH)–C–C–N with tert-alkyl or cyclic N) is 1. The maximum absolute atomic E-state index is 11.9. The SMILES string of the molecule is O=C1CCCS(=O)(=O)N1CC(O)CF. The second kappa shape index (κ2) is 4.22. The van der Waals surface area contributed by atoms with E-state index in [2.05, 4.69) is 0 Å². The first-order valence-electron chi connectivity index (χ1n) is 4.24. The molecule has 14 heavy (non-hydrogen) atoms. The first kappa shape index (κ1) is 11.4. The van der Waals surface area contributed by atoms with E-state index in [9.17, 15) is 17.6 Å². The maximum atomic E-state index is 11.9. The number of aliphatic hydroxyl groups excluding tert-OH is 1. The molecule has 0 radical (unpaired) electrons. The highest BCUT2D eigenvalue weighted by Gasteiger charge is 2.32. The normalized spacial score (nSPS) is 23.6. The predicted molar refractivity (Wildman–Crippen MR) is 46.7 cm³/mol. The predicted octanol–water partition coefficient (Wildman–Crippen LogP) is -0.731. The molecule has 0 bridgehead atoms. The Hall–Kier alpha value is -0.690. The fourth-order valence-electron chi connectivity index (χ4n) is 1.25. The van der Waals surface area contributed by atoms with Gasteiger partial charge in [0.1, 0.15) is 12.8 Å². The highest BCUT2D eigenvalue weighted by atomic mass is 32.2. The lowest BCUT2D eigenvalue weighted by molar-refractivity contribution is -0.128. The van der Waals surface area contributed by atoms with Crippen molar-refractivity contribution in [2.24, 2.45) is 0 Å². The van der Waals surface area contributed by atoms with Crippen molar-refractivity contribution in [1.82, 2.24) is 4.31 Å². The van der Waals surface area contributed by atoms with Gasteiger partial charge in [-0.25, -0.2) is 17.1 Å². The lowest BCUT2D eigenvalue weighted by Gasteiger charge is -2.27. The molecule has 1 amide bonds. The molecule has 0 saturated carbocycles. The standard InChI is InChI=1S/C7H12FNO4S/c8-4-6(10)5-9-7(11)2-1-3-14(9,12)13/h6,10H,1-5H2. The first-order valence-corrected chi connectivity index (χ1v) is 5.85. The number of hydrogen-bond donors (Lipinski definition) is 1. The van der Waals surface area contributed by atoms with Crippen LogP contribution in [0.15, 0.2) is 0 Å². The van der Waals surface area contributed by atoms with Gasteiger partial charge in [0.2, 0.25) is 15.9 Å². The number of carbonyl (C=O) groups excluding carboxylic acids is 1. The third-order valence-corrected chi connectivity index (χ3v) is 3.79. The van der Waals surface area contributed by atoms with Gasteiger partial charge in [-0.3, -0.25) is 4.79 Å². The summed E-state index contributed by atoms with van der Waals surface area (Å²) in [7, 11) is -3.62. The Morgan fingerprint density at radius 1 is 1.57 bits per heavy atom. The zero-order valence-corrected chi connectivity index (χ0v) is 8.33. The fourth-order valence-corrected chi connectivity index (χ4v) is 2.78. The Bertz CT molecular complexity index is 316. The largest absolute Gasteiger partial charge is 0.389 e. The molecular weight excluding hydrogens is 213 g/mol. The average Bonchev–Trinajstić information content (AvgIpc) is 2.11. The van der Waals surface area contributed by atoms with E-state index in [1.165, 1.54) is 0 Å². The van der Waals surface area contributed by atoms with Crippen LogP contribution in [0.5, 0.6) is 0 Å². The van der Waals surface area contributed by atoms with Crippen LogP contribution < -0.4 is 0 Å². The average molecular weight is 225 g/mol. The van der Waals surface area contributed by atoms with Crippen molar-refractivity contribution in [3.05, 3.63) is 0 Å². The molecule has 82 valence electrons. The molecule has 1 fully saturated rings. The monoisotopic (exact) mass is 225 g/mol. The van der Waals surface area contributed by atoms with Crippen molar-refractivity contribution in [3.8, 4) is 0 Å². The van der Waals surface area contributed by atoms with Crippen LogP contribution in [0.4, 0.5) is 4.39 Å². The second-order valence-electron chi connectivity index (χ2n) is 3.15. The van der Waals surface area contributed by atoms with E-state index in [4.69, 9.17) is 5.11 Å². The molecule has 1 atom stereocenters. The Kier molecular flexibility index (Phi) is 3.43. The molecule has 1 N–H and O–H groups in total. The van der Waals surface area contributed by atoms with Crippen LogP contribution in [-0.2, 0) is 14.8 Å². The summed E-state index contributed by atoms with van der Waals surface area (Å²) in [6, 6.07) is 0. The molecule has 1 heterocycles. The van der Waals surface area contributed by atoms with Crippen LogP contribution in [0.3, 0.4) is 0 Å². The van der Waals surface area contributed by atoms with E-state index in [-0.39, 0.29) is 12.2 Å². The number of alkyl halides is 1. The summed E-state index contributed by atoms with van der Waals surface area (Å²) in [5.41, 5.74) is 0. The van der Waals surface area contributed by atoms with Gasteiger partial charge in [-0.15, -0.1) is 0 Å². The maximum Gasteiger partial charge on any atom is 0.237 e. The van der Waals surface area contributed by atoms with Crippen LogP contribution >= 0.6 is 0 Å². The molecule has 5 nitrogen and oxygen atoms in total. The van der Waals surface area contributed by atoms with Crippen LogP contribution in [-0.4, -0.2) is 48.8 Å².